The van der Waals surface area contributed by atoms with Crippen molar-refractivity contribution >= 4 is 30.7 Å². The van der Waals surface area contributed by atoms with Crippen LogP contribution >= 0.6 is 24.8 Å². The summed E-state index contributed by atoms with van der Waals surface area (Å²) in [7, 11) is 2.11. The fourth-order valence-corrected chi connectivity index (χ4v) is 1.90. The molecule has 1 heterocycles. The summed E-state index contributed by atoms with van der Waals surface area (Å²) in [5.41, 5.74) is 0. The Labute approximate surface area is 121 Å². The van der Waals surface area contributed by atoms with E-state index in [0.29, 0.717) is 19.7 Å². The zero-order valence-corrected chi connectivity index (χ0v) is 12.3. The number of ether oxygens (including phenoxy) is 1. The summed E-state index contributed by atoms with van der Waals surface area (Å²) >= 11 is 0. The van der Waals surface area contributed by atoms with E-state index in [0.717, 1.165) is 19.1 Å². The summed E-state index contributed by atoms with van der Waals surface area (Å²) in [5.74, 6) is 0.0106. The summed E-state index contributed by atoms with van der Waals surface area (Å²) in [6.45, 7) is 3.74. The molecule has 5 nitrogen and oxygen atoms in total. The van der Waals surface area contributed by atoms with Gasteiger partial charge in [0.05, 0.1) is 6.61 Å². The molecule has 1 aliphatic carbocycles. The first kappa shape index (κ1) is 17.9. The zero-order chi connectivity index (χ0) is 11.4. The average Bonchev–Trinajstić information content (AvgIpc) is 3.14. The summed E-state index contributed by atoms with van der Waals surface area (Å²) in [6, 6.07) is 0.754. The molecule has 1 aliphatic heterocycles. The largest absolute Gasteiger partial charge is 0.366 e. The van der Waals surface area contributed by atoms with Gasteiger partial charge in [-0.1, -0.05) is 0 Å². The average molecular weight is 300 g/mol. The molecule has 0 radical (unpaired) electrons. The first-order valence-electron chi connectivity index (χ1n) is 6.07. The van der Waals surface area contributed by atoms with E-state index in [1.165, 1.54) is 12.8 Å². The van der Waals surface area contributed by atoms with Crippen LogP contribution in [0.25, 0.3) is 0 Å². The predicted octanol–water partition coefficient (Wildman–Crippen LogP) is 0.0288. The van der Waals surface area contributed by atoms with E-state index in [9.17, 15) is 4.79 Å². The monoisotopic (exact) mass is 299 g/mol. The third-order valence-electron chi connectivity index (χ3n) is 3.15. The lowest BCUT2D eigenvalue weighted by Crippen LogP contribution is -2.49. The standard InChI is InChI=1S/C11H21N3O2.2ClH/c1-14(9-2-3-9)6-4-13-11(15)10-8-12-5-7-16-10;;/h9-10,12H,2-8H2,1H3,(H,13,15);2*1H. The van der Waals surface area contributed by atoms with Crippen molar-refractivity contribution in [2.45, 2.75) is 25.0 Å². The van der Waals surface area contributed by atoms with Gasteiger partial charge in [0.25, 0.3) is 5.91 Å². The summed E-state index contributed by atoms with van der Waals surface area (Å²) in [4.78, 5) is 14.0. The second-order valence-electron chi connectivity index (χ2n) is 4.57. The van der Waals surface area contributed by atoms with Crippen molar-refractivity contribution < 1.29 is 9.53 Å². The van der Waals surface area contributed by atoms with Crippen molar-refractivity contribution in [1.29, 1.82) is 0 Å². The van der Waals surface area contributed by atoms with Gasteiger partial charge in [-0.15, -0.1) is 24.8 Å². The van der Waals surface area contributed by atoms with E-state index in [2.05, 4.69) is 22.6 Å². The zero-order valence-electron chi connectivity index (χ0n) is 10.7. The van der Waals surface area contributed by atoms with Gasteiger partial charge < -0.3 is 20.3 Å². The molecule has 2 rings (SSSR count). The van der Waals surface area contributed by atoms with Gasteiger partial charge in [0.15, 0.2) is 0 Å². The Balaban J connectivity index is 0.00000144. The molecule has 2 aliphatic rings. The number of halogens is 2. The van der Waals surface area contributed by atoms with Crippen molar-refractivity contribution in [3.05, 3.63) is 0 Å². The molecule has 0 spiro atoms. The highest BCUT2D eigenvalue weighted by molar-refractivity contribution is 5.85. The number of hydrogen-bond donors (Lipinski definition) is 2. The van der Waals surface area contributed by atoms with Crippen molar-refractivity contribution in [2.24, 2.45) is 0 Å². The molecule has 2 fully saturated rings. The number of likely N-dealkylation sites (N-methyl/N-ethyl adjacent to an activating group) is 1. The molecule has 1 saturated heterocycles. The molecule has 1 atom stereocenters. The predicted molar refractivity (Wildman–Crippen MR) is 75.8 cm³/mol. The molecular formula is C11H23Cl2N3O2. The van der Waals surface area contributed by atoms with Crippen molar-refractivity contribution in [3.63, 3.8) is 0 Å². The van der Waals surface area contributed by atoms with Crippen LogP contribution in [0.2, 0.25) is 0 Å². The number of carbonyl (C=O) groups is 1. The Morgan fingerprint density at radius 3 is 2.72 bits per heavy atom. The van der Waals surface area contributed by atoms with Crippen LogP contribution in [-0.2, 0) is 9.53 Å². The SMILES string of the molecule is CN(CCNC(=O)C1CNCCO1)C1CC1.Cl.Cl. The third kappa shape index (κ3) is 5.71. The van der Waals surface area contributed by atoms with Crippen LogP contribution in [0.5, 0.6) is 0 Å². The Morgan fingerprint density at radius 1 is 1.44 bits per heavy atom. The van der Waals surface area contributed by atoms with Crippen LogP contribution in [0.3, 0.4) is 0 Å². The molecule has 18 heavy (non-hydrogen) atoms. The number of morpholine rings is 1. The minimum Gasteiger partial charge on any atom is -0.366 e. The topological polar surface area (TPSA) is 53.6 Å². The molecule has 108 valence electrons. The number of rotatable bonds is 5. The van der Waals surface area contributed by atoms with E-state index in [4.69, 9.17) is 4.74 Å². The normalized spacial score (nSPS) is 22.9. The molecule has 7 heteroatoms. The van der Waals surface area contributed by atoms with E-state index in [-0.39, 0.29) is 36.8 Å². The third-order valence-corrected chi connectivity index (χ3v) is 3.15. The molecule has 0 aromatic rings. The Morgan fingerprint density at radius 2 is 2.17 bits per heavy atom. The second kappa shape index (κ2) is 8.93. The quantitative estimate of drug-likeness (QED) is 0.752. The second-order valence-corrected chi connectivity index (χ2v) is 4.57. The Bertz CT molecular complexity index is 246. The highest BCUT2D eigenvalue weighted by Gasteiger charge is 2.26. The molecule has 0 aromatic heterocycles. The number of hydrogen-bond acceptors (Lipinski definition) is 4. The Kier molecular flexibility index (Phi) is 8.90. The van der Waals surface area contributed by atoms with Crippen LogP contribution < -0.4 is 10.6 Å². The van der Waals surface area contributed by atoms with Gasteiger partial charge in [-0.05, 0) is 19.9 Å². The fraction of sp³-hybridized carbons (Fsp3) is 0.909. The molecule has 0 aromatic carbocycles. The van der Waals surface area contributed by atoms with Gasteiger partial charge in [-0.3, -0.25) is 4.79 Å². The van der Waals surface area contributed by atoms with Gasteiger partial charge in [-0.2, -0.15) is 0 Å². The van der Waals surface area contributed by atoms with Gasteiger partial charge in [-0.25, -0.2) is 0 Å². The van der Waals surface area contributed by atoms with E-state index >= 15 is 0 Å². The number of carbonyl (C=O) groups excluding carboxylic acids is 1. The lowest BCUT2D eigenvalue weighted by molar-refractivity contribution is -0.134. The van der Waals surface area contributed by atoms with Gasteiger partial charge in [0.2, 0.25) is 0 Å². The lowest BCUT2D eigenvalue weighted by Gasteiger charge is -2.23. The molecular weight excluding hydrogens is 277 g/mol. The minimum atomic E-state index is -0.306. The number of nitrogens with zero attached hydrogens (tertiary/aromatic N) is 1. The van der Waals surface area contributed by atoms with Crippen LogP contribution in [0.4, 0.5) is 0 Å². The highest BCUT2D eigenvalue weighted by Crippen LogP contribution is 2.24. The lowest BCUT2D eigenvalue weighted by atomic mass is 10.3. The maximum Gasteiger partial charge on any atom is 0.250 e. The summed E-state index contributed by atoms with van der Waals surface area (Å²) < 4.78 is 5.37. The summed E-state index contributed by atoms with van der Waals surface area (Å²) in [5, 5.41) is 6.07. The van der Waals surface area contributed by atoms with Crippen molar-refractivity contribution in [1.82, 2.24) is 15.5 Å². The smallest absolute Gasteiger partial charge is 0.250 e. The fourth-order valence-electron chi connectivity index (χ4n) is 1.90. The highest BCUT2D eigenvalue weighted by atomic mass is 35.5. The maximum absolute atomic E-state index is 11.7. The van der Waals surface area contributed by atoms with Gasteiger partial charge >= 0.3 is 0 Å². The van der Waals surface area contributed by atoms with Crippen LogP contribution in [-0.4, -0.2) is 62.8 Å². The van der Waals surface area contributed by atoms with Crippen molar-refractivity contribution in [2.75, 3.05) is 39.8 Å². The number of nitrogens with one attached hydrogen (secondary N) is 2. The Hall–Kier alpha value is -0.0700. The molecule has 2 N–H and O–H groups in total. The molecule has 1 amide bonds. The van der Waals surface area contributed by atoms with E-state index in [1.54, 1.807) is 0 Å². The molecule has 1 unspecified atom stereocenters. The van der Waals surface area contributed by atoms with Crippen LogP contribution in [0, 0.1) is 0 Å². The maximum atomic E-state index is 11.7. The first-order valence-corrected chi connectivity index (χ1v) is 6.07. The molecule has 0 bridgehead atoms. The molecule has 1 saturated carbocycles. The van der Waals surface area contributed by atoms with Crippen LogP contribution in [0.15, 0.2) is 0 Å². The van der Waals surface area contributed by atoms with E-state index in [1.807, 2.05) is 0 Å². The van der Waals surface area contributed by atoms with Crippen molar-refractivity contribution in [3.8, 4) is 0 Å². The number of amides is 1. The minimum absolute atomic E-state index is 0. The van der Waals surface area contributed by atoms with Gasteiger partial charge in [0.1, 0.15) is 6.10 Å². The van der Waals surface area contributed by atoms with Crippen LogP contribution in [0.1, 0.15) is 12.8 Å². The first-order chi connectivity index (χ1) is 7.77. The van der Waals surface area contributed by atoms with E-state index < -0.39 is 0 Å². The summed E-state index contributed by atoms with van der Waals surface area (Å²) in [6.07, 6.45) is 2.31. The van der Waals surface area contributed by atoms with Gasteiger partial charge in [0, 0.05) is 32.2 Å².